The summed E-state index contributed by atoms with van der Waals surface area (Å²) in [6.45, 7) is 5.32. The zero-order valence-corrected chi connectivity index (χ0v) is 16.3. The molecule has 29 heavy (non-hydrogen) atoms. The number of pyridine rings is 2. The van der Waals surface area contributed by atoms with Crippen molar-refractivity contribution in [2.24, 2.45) is 0 Å². The molecule has 1 atom stereocenters. The van der Waals surface area contributed by atoms with Crippen molar-refractivity contribution in [1.29, 1.82) is 0 Å². The summed E-state index contributed by atoms with van der Waals surface area (Å²) in [5.74, 6) is 2.48. The fourth-order valence-corrected chi connectivity index (χ4v) is 3.82. The zero-order chi connectivity index (χ0) is 19.5. The van der Waals surface area contributed by atoms with Crippen molar-refractivity contribution in [2.45, 2.75) is 18.9 Å². The van der Waals surface area contributed by atoms with Crippen LogP contribution in [0.3, 0.4) is 0 Å². The molecule has 1 unspecified atom stereocenters. The summed E-state index contributed by atoms with van der Waals surface area (Å²) in [7, 11) is 0. The average molecular weight is 394 g/mol. The summed E-state index contributed by atoms with van der Waals surface area (Å²) in [6, 6.07) is 10.4. The number of piperidine rings is 1. The van der Waals surface area contributed by atoms with Crippen molar-refractivity contribution in [3.05, 3.63) is 36.5 Å². The third kappa shape index (κ3) is 4.10. The quantitative estimate of drug-likeness (QED) is 0.604. The van der Waals surface area contributed by atoms with E-state index in [1.165, 1.54) is 6.42 Å². The molecular formula is C20H26N8O. The van der Waals surface area contributed by atoms with Crippen LogP contribution in [0.4, 0.5) is 23.3 Å². The molecule has 0 amide bonds. The average Bonchev–Trinajstić information content (AvgIpc) is 3.19. The van der Waals surface area contributed by atoms with Gasteiger partial charge in [-0.3, -0.25) is 0 Å². The maximum Gasteiger partial charge on any atom is 0.247 e. The van der Waals surface area contributed by atoms with Crippen LogP contribution < -0.4 is 20.9 Å². The Morgan fingerprint density at radius 3 is 2.86 bits per heavy atom. The number of aromatic nitrogens is 4. The van der Waals surface area contributed by atoms with Gasteiger partial charge in [-0.25, -0.2) is 4.98 Å². The number of nitrogens with one attached hydrogen (secondary N) is 3. The van der Waals surface area contributed by atoms with Crippen molar-refractivity contribution < 1.29 is 4.74 Å². The normalized spacial score (nSPS) is 20.0. The molecule has 0 aromatic carbocycles. The van der Waals surface area contributed by atoms with Gasteiger partial charge in [0.1, 0.15) is 11.6 Å². The predicted octanol–water partition coefficient (Wildman–Crippen LogP) is 1.87. The van der Waals surface area contributed by atoms with E-state index in [1.807, 2.05) is 41.0 Å². The van der Waals surface area contributed by atoms with Crippen LogP contribution in [0.1, 0.15) is 12.8 Å². The molecule has 0 aliphatic carbocycles. The molecule has 5 rings (SSSR count). The number of hydrogen-bond acceptors (Lipinski definition) is 8. The topological polar surface area (TPSA) is 91.6 Å². The minimum absolute atomic E-state index is 0.409. The molecule has 2 fully saturated rings. The second-order valence-electron chi connectivity index (χ2n) is 7.43. The van der Waals surface area contributed by atoms with E-state index in [0.29, 0.717) is 12.0 Å². The zero-order valence-electron chi connectivity index (χ0n) is 16.3. The molecule has 3 N–H and O–H groups in total. The van der Waals surface area contributed by atoms with E-state index in [0.717, 1.165) is 68.8 Å². The number of morpholine rings is 1. The highest BCUT2D eigenvalue weighted by Crippen LogP contribution is 2.20. The molecule has 152 valence electrons. The van der Waals surface area contributed by atoms with Crippen molar-refractivity contribution in [2.75, 3.05) is 54.9 Å². The van der Waals surface area contributed by atoms with Crippen LogP contribution in [0, 0.1) is 0 Å². The minimum Gasteiger partial charge on any atom is -0.378 e. The van der Waals surface area contributed by atoms with Crippen LogP contribution in [0.2, 0.25) is 0 Å². The Hall–Kier alpha value is -2.91. The van der Waals surface area contributed by atoms with Gasteiger partial charge in [0.25, 0.3) is 0 Å². The summed E-state index contributed by atoms with van der Waals surface area (Å²) in [4.78, 5) is 11.4. The first-order chi connectivity index (χ1) is 14.3. The molecule has 2 saturated heterocycles. The maximum atomic E-state index is 5.40. The largest absolute Gasteiger partial charge is 0.378 e. The number of nitrogens with zero attached hydrogens (tertiary/aromatic N) is 5. The van der Waals surface area contributed by atoms with Gasteiger partial charge in [-0.05, 0) is 43.7 Å². The summed E-state index contributed by atoms with van der Waals surface area (Å²) in [5, 5.41) is 14.9. The number of rotatable bonds is 5. The number of hydrogen-bond donors (Lipinski definition) is 3. The van der Waals surface area contributed by atoms with Crippen LogP contribution in [-0.4, -0.2) is 65.0 Å². The van der Waals surface area contributed by atoms with Gasteiger partial charge in [-0.2, -0.15) is 9.50 Å². The van der Waals surface area contributed by atoms with Crippen molar-refractivity contribution in [1.82, 2.24) is 24.9 Å². The van der Waals surface area contributed by atoms with Crippen LogP contribution >= 0.6 is 0 Å². The van der Waals surface area contributed by atoms with Crippen LogP contribution in [-0.2, 0) is 4.74 Å². The van der Waals surface area contributed by atoms with Gasteiger partial charge in [0.05, 0.1) is 25.1 Å². The Bertz CT molecular complexity index is 945. The van der Waals surface area contributed by atoms with Crippen molar-refractivity contribution >= 4 is 28.9 Å². The van der Waals surface area contributed by atoms with Crippen LogP contribution in [0.5, 0.6) is 0 Å². The first-order valence-corrected chi connectivity index (χ1v) is 10.2. The third-order valence-corrected chi connectivity index (χ3v) is 5.35. The lowest BCUT2D eigenvalue weighted by molar-refractivity contribution is 0.122. The van der Waals surface area contributed by atoms with E-state index < -0.39 is 0 Å². The molecule has 2 aliphatic rings. The van der Waals surface area contributed by atoms with E-state index in [1.54, 1.807) is 0 Å². The monoisotopic (exact) mass is 394 g/mol. The fourth-order valence-electron chi connectivity index (χ4n) is 3.82. The standard InChI is InChI=1S/C20H26N8O/c1-4-18(23-15-3-2-8-21-13-15)28-19(5-1)25-20(26-28)24-16-6-7-17(22-14-16)27-9-11-29-12-10-27/h1,4-7,14-15,21,23H,2-3,8-13H2,(H,24,26). The highest BCUT2D eigenvalue weighted by molar-refractivity contribution is 5.59. The van der Waals surface area contributed by atoms with Crippen LogP contribution in [0.15, 0.2) is 36.5 Å². The van der Waals surface area contributed by atoms with Crippen molar-refractivity contribution in [3.8, 4) is 0 Å². The summed E-state index contributed by atoms with van der Waals surface area (Å²) in [5.41, 5.74) is 1.67. The van der Waals surface area contributed by atoms with E-state index in [9.17, 15) is 0 Å². The lowest BCUT2D eigenvalue weighted by Gasteiger charge is -2.27. The molecule has 2 aliphatic heterocycles. The molecule has 0 bridgehead atoms. The van der Waals surface area contributed by atoms with E-state index in [2.05, 4.69) is 35.9 Å². The number of fused-ring (bicyclic) bond motifs is 1. The fraction of sp³-hybridized carbons (Fsp3) is 0.450. The Labute approximate surface area is 169 Å². The lowest BCUT2D eigenvalue weighted by atomic mass is 10.1. The Kier molecular flexibility index (Phi) is 5.14. The Morgan fingerprint density at radius 1 is 1.14 bits per heavy atom. The first-order valence-electron chi connectivity index (χ1n) is 10.2. The van der Waals surface area contributed by atoms with Gasteiger partial charge < -0.3 is 25.6 Å². The Balaban J connectivity index is 1.31. The maximum absolute atomic E-state index is 5.40. The minimum atomic E-state index is 0.409. The smallest absolute Gasteiger partial charge is 0.247 e. The van der Waals surface area contributed by atoms with Gasteiger partial charge in [-0.15, -0.1) is 5.10 Å². The van der Waals surface area contributed by atoms with Gasteiger partial charge in [-0.1, -0.05) is 6.07 Å². The second-order valence-corrected chi connectivity index (χ2v) is 7.43. The molecule has 0 radical (unpaired) electrons. The lowest BCUT2D eigenvalue weighted by Crippen LogP contribution is -2.38. The number of anilines is 4. The van der Waals surface area contributed by atoms with Crippen LogP contribution in [0.25, 0.3) is 5.65 Å². The van der Waals surface area contributed by atoms with Gasteiger partial charge in [0.2, 0.25) is 5.95 Å². The third-order valence-electron chi connectivity index (χ3n) is 5.35. The van der Waals surface area contributed by atoms with Gasteiger partial charge in [0.15, 0.2) is 5.65 Å². The molecule has 9 heteroatoms. The highest BCUT2D eigenvalue weighted by atomic mass is 16.5. The molecule has 0 saturated carbocycles. The molecule has 5 heterocycles. The summed E-state index contributed by atoms with van der Waals surface area (Å²) >= 11 is 0. The molecule has 0 spiro atoms. The highest BCUT2D eigenvalue weighted by Gasteiger charge is 2.15. The second kappa shape index (κ2) is 8.22. The Morgan fingerprint density at radius 2 is 2.07 bits per heavy atom. The molecular weight excluding hydrogens is 368 g/mol. The van der Waals surface area contributed by atoms with Gasteiger partial charge >= 0.3 is 0 Å². The van der Waals surface area contributed by atoms with Gasteiger partial charge in [0, 0.05) is 25.7 Å². The first kappa shape index (κ1) is 18.1. The molecule has 9 nitrogen and oxygen atoms in total. The number of ether oxygens (including phenoxy) is 1. The SMILES string of the molecule is c1cc(NC2CCCNC2)n2nc(Nc3ccc(N4CCOCC4)nc3)nc2c1. The van der Waals surface area contributed by atoms with E-state index in [4.69, 9.17) is 4.74 Å². The predicted molar refractivity (Wildman–Crippen MR) is 113 cm³/mol. The summed E-state index contributed by atoms with van der Waals surface area (Å²) in [6.07, 6.45) is 4.17. The van der Waals surface area contributed by atoms with E-state index in [-0.39, 0.29) is 0 Å². The van der Waals surface area contributed by atoms with Crippen molar-refractivity contribution in [3.63, 3.8) is 0 Å². The van der Waals surface area contributed by atoms with E-state index >= 15 is 0 Å². The molecule has 3 aromatic heterocycles. The molecule has 3 aromatic rings. The summed E-state index contributed by atoms with van der Waals surface area (Å²) < 4.78 is 7.25.